The van der Waals surface area contributed by atoms with Crippen LogP contribution in [0.1, 0.15) is 59.9 Å². The van der Waals surface area contributed by atoms with Crippen LogP contribution in [0, 0.1) is 11.7 Å². The zero-order valence-corrected chi connectivity index (χ0v) is 24.0. The first-order valence-electron chi connectivity index (χ1n) is 13.1. The zero-order valence-electron chi connectivity index (χ0n) is 23.3. The number of likely N-dealkylation sites (tertiary alicyclic amines) is 1. The second kappa shape index (κ2) is 11.4. The highest BCUT2D eigenvalue weighted by atomic mass is 35.5. The maximum atomic E-state index is 13.6. The molecule has 0 unspecified atom stereocenters. The van der Waals surface area contributed by atoms with E-state index in [4.69, 9.17) is 16.3 Å². The smallest absolute Gasteiger partial charge is 0.419 e. The van der Waals surface area contributed by atoms with E-state index in [2.05, 4.69) is 0 Å². The van der Waals surface area contributed by atoms with Crippen molar-refractivity contribution in [3.05, 3.63) is 70.1 Å². The van der Waals surface area contributed by atoms with Crippen LogP contribution < -0.4 is 0 Å². The number of ketones is 1. The molecule has 0 bridgehead atoms. The lowest BCUT2D eigenvalue weighted by molar-refractivity contribution is -0.124. The van der Waals surface area contributed by atoms with E-state index in [9.17, 15) is 23.6 Å². The molecule has 2 aromatic carbocycles. The molecule has 8 nitrogen and oxygen atoms in total. The zero-order chi connectivity index (χ0) is 29.4. The van der Waals surface area contributed by atoms with Gasteiger partial charge in [0.25, 0.3) is 17.6 Å². The molecular formula is C30H33ClFN3O5. The molecule has 0 aliphatic carbocycles. The van der Waals surface area contributed by atoms with Gasteiger partial charge in [0.1, 0.15) is 11.4 Å². The molecule has 0 atom stereocenters. The lowest BCUT2D eigenvalue weighted by Gasteiger charge is -2.32. The van der Waals surface area contributed by atoms with Gasteiger partial charge in [0.05, 0.1) is 21.7 Å². The summed E-state index contributed by atoms with van der Waals surface area (Å²) in [5.41, 5.74) is 0.657. The van der Waals surface area contributed by atoms with E-state index in [1.165, 1.54) is 44.6 Å². The normalized spacial score (nSPS) is 14.3. The predicted octanol–water partition coefficient (Wildman–Crippen LogP) is 5.58. The molecule has 1 aromatic heterocycles. The molecule has 1 aliphatic heterocycles. The minimum Gasteiger partial charge on any atom is -0.443 e. The van der Waals surface area contributed by atoms with Crippen LogP contribution in [0.5, 0.6) is 0 Å². The van der Waals surface area contributed by atoms with E-state index in [0.29, 0.717) is 19.0 Å². The van der Waals surface area contributed by atoms with Gasteiger partial charge >= 0.3 is 6.09 Å². The number of likely N-dealkylation sites (N-methyl/N-ethyl adjacent to an activating group) is 1. The molecule has 0 saturated carbocycles. The molecule has 2 amide bonds. The summed E-state index contributed by atoms with van der Waals surface area (Å²) in [6.07, 6.45) is 2.87. The number of fused-ring (bicyclic) bond motifs is 1. The van der Waals surface area contributed by atoms with Crippen LogP contribution in [0.25, 0.3) is 10.9 Å². The highest BCUT2D eigenvalue weighted by Gasteiger charge is 2.30. The van der Waals surface area contributed by atoms with Crippen molar-refractivity contribution >= 4 is 46.2 Å². The van der Waals surface area contributed by atoms with Gasteiger partial charge in [0.15, 0.2) is 0 Å². The lowest BCUT2D eigenvalue weighted by atomic mass is 9.90. The highest BCUT2D eigenvalue weighted by Crippen LogP contribution is 2.32. The number of carbonyl (C=O) groups excluding carboxylic acids is 4. The quantitative estimate of drug-likeness (QED) is 0.295. The Labute approximate surface area is 237 Å². The van der Waals surface area contributed by atoms with Gasteiger partial charge in [0.2, 0.25) is 0 Å². The van der Waals surface area contributed by atoms with Crippen molar-refractivity contribution in [1.29, 1.82) is 0 Å². The SMILES string of the molecule is CN(C)C(=O)C(=O)c1cn(C(=O)OC(C)(C)C)c2cc(Cl)c(C(=O)N3CCC(Cc4ccc(F)cc4)CC3)cc12. The van der Waals surface area contributed by atoms with E-state index in [0.717, 1.165) is 34.3 Å². The van der Waals surface area contributed by atoms with Crippen LogP contribution >= 0.6 is 11.6 Å². The number of amides is 2. The van der Waals surface area contributed by atoms with E-state index in [1.54, 1.807) is 37.8 Å². The van der Waals surface area contributed by atoms with Gasteiger partial charge in [-0.1, -0.05) is 23.7 Å². The Morgan fingerprint density at radius 2 is 1.65 bits per heavy atom. The fraction of sp³-hybridized carbons (Fsp3) is 0.400. The monoisotopic (exact) mass is 569 g/mol. The van der Waals surface area contributed by atoms with E-state index >= 15 is 0 Å². The summed E-state index contributed by atoms with van der Waals surface area (Å²) in [6.45, 7) is 6.17. The standard InChI is InChI=1S/C30H33ClFN3O5/c1-30(2,3)40-29(39)35-17-23(26(36)28(38)33(4)5)21-15-22(24(31)16-25(21)35)27(37)34-12-10-19(11-13-34)14-18-6-8-20(32)9-7-18/h6-9,15-17,19H,10-14H2,1-5H3. The van der Waals surface area contributed by atoms with Crippen molar-refractivity contribution in [2.75, 3.05) is 27.2 Å². The number of halogens is 2. The number of hydrogen-bond acceptors (Lipinski definition) is 5. The summed E-state index contributed by atoms with van der Waals surface area (Å²) in [5.74, 6) is -1.80. The minimum atomic E-state index is -0.820. The first kappa shape index (κ1) is 29.3. The Kier molecular flexibility index (Phi) is 8.35. The number of Topliss-reactive ketones (excluding diaryl/α,β-unsaturated/α-hetero) is 1. The number of benzene rings is 2. The van der Waals surface area contributed by atoms with Crippen molar-refractivity contribution in [2.45, 2.75) is 45.6 Å². The van der Waals surface area contributed by atoms with Crippen LogP contribution in [0.15, 0.2) is 42.6 Å². The van der Waals surface area contributed by atoms with Crippen molar-refractivity contribution in [1.82, 2.24) is 14.4 Å². The molecule has 1 fully saturated rings. The summed E-state index contributed by atoms with van der Waals surface area (Å²) in [6, 6.07) is 9.39. The Morgan fingerprint density at radius 3 is 2.23 bits per heavy atom. The predicted molar refractivity (Wildman–Crippen MR) is 150 cm³/mol. The van der Waals surface area contributed by atoms with Crippen LogP contribution in [-0.2, 0) is 16.0 Å². The van der Waals surface area contributed by atoms with Gasteiger partial charge < -0.3 is 14.5 Å². The fourth-order valence-corrected chi connectivity index (χ4v) is 5.07. The largest absolute Gasteiger partial charge is 0.443 e. The summed E-state index contributed by atoms with van der Waals surface area (Å²) in [7, 11) is 2.91. The maximum absolute atomic E-state index is 13.6. The van der Waals surface area contributed by atoms with Gasteiger partial charge in [0, 0.05) is 38.8 Å². The molecule has 40 heavy (non-hydrogen) atoms. The maximum Gasteiger partial charge on any atom is 0.419 e. The number of ether oxygens (including phenoxy) is 1. The van der Waals surface area contributed by atoms with E-state index < -0.39 is 23.4 Å². The Bertz CT molecular complexity index is 1470. The first-order chi connectivity index (χ1) is 18.7. The number of hydrogen-bond donors (Lipinski definition) is 0. The summed E-state index contributed by atoms with van der Waals surface area (Å²) < 4.78 is 19.9. The molecule has 0 radical (unpaired) electrons. The number of aromatic nitrogens is 1. The number of nitrogens with zero attached hydrogens (tertiary/aromatic N) is 3. The highest BCUT2D eigenvalue weighted by molar-refractivity contribution is 6.45. The average molecular weight is 570 g/mol. The Hall–Kier alpha value is -3.72. The van der Waals surface area contributed by atoms with Crippen LogP contribution in [0.2, 0.25) is 5.02 Å². The topological polar surface area (TPSA) is 88.9 Å². The summed E-state index contributed by atoms with van der Waals surface area (Å²) in [5, 5.41) is 0.372. The molecule has 212 valence electrons. The molecule has 1 aliphatic rings. The van der Waals surface area contributed by atoms with Gasteiger partial charge in [-0.2, -0.15) is 0 Å². The summed E-state index contributed by atoms with van der Waals surface area (Å²) in [4.78, 5) is 55.0. The number of rotatable bonds is 5. The van der Waals surface area contributed by atoms with Crippen molar-refractivity contribution in [3.8, 4) is 0 Å². The Morgan fingerprint density at radius 1 is 1.02 bits per heavy atom. The van der Waals surface area contributed by atoms with Gasteiger partial charge in [-0.3, -0.25) is 19.0 Å². The molecule has 1 saturated heterocycles. The molecular weight excluding hydrogens is 537 g/mol. The lowest BCUT2D eigenvalue weighted by Crippen LogP contribution is -2.39. The number of carbonyl (C=O) groups is 4. The average Bonchev–Trinajstić information content (AvgIpc) is 3.26. The molecule has 2 heterocycles. The van der Waals surface area contributed by atoms with Gasteiger partial charge in [-0.15, -0.1) is 0 Å². The second-order valence-electron chi connectivity index (χ2n) is 11.3. The molecule has 3 aromatic rings. The van der Waals surface area contributed by atoms with E-state index in [-0.39, 0.29) is 38.8 Å². The number of piperidine rings is 1. The van der Waals surface area contributed by atoms with Crippen molar-refractivity contribution < 1.29 is 28.3 Å². The van der Waals surface area contributed by atoms with Crippen molar-refractivity contribution in [3.63, 3.8) is 0 Å². The third-order valence-corrected chi connectivity index (χ3v) is 7.21. The third kappa shape index (κ3) is 6.36. The fourth-order valence-electron chi connectivity index (χ4n) is 4.84. The molecule has 0 N–H and O–H groups in total. The van der Waals surface area contributed by atoms with Crippen LogP contribution in [0.4, 0.5) is 9.18 Å². The third-order valence-electron chi connectivity index (χ3n) is 6.90. The van der Waals surface area contributed by atoms with Crippen LogP contribution in [0.3, 0.4) is 0 Å². The molecule has 0 spiro atoms. The molecule has 10 heteroatoms. The first-order valence-corrected chi connectivity index (χ1v) is 13.5. The van der Waals surface area contributed by atoms with Crippen LogP contribution in [-0.4, -0.2) is 70.8 Å². The minimum absolute atomic E-state index is 0.0247. The van der Waals surface area contributed by atoms with Crippen molar-refractivity contribution in [2.24, 2.45) is 5.92 Å². The van der Waals surface area contributed by atoms with Gasteiger partial charge in [-0.05, 0) is 75.8 Å². The molecule has 4 rings (SSSR count). The second-order valence-corrected chi connectivity index (χ2v) is 11.7. The van der Waals surface area contributed by atoms with E-state index in [1.807, 2.05) is 0 Å². The summed E-state index contributed by atoms with van der Waals surface area (Å²) >= 11 is 6.57. The Balaban J connectivity index is 1.62. The van der Waals surface area contributed by atoms with Gasteiger partial charge in [-0.25, -0.2) is 9.18 Å².